The number of halogens is 6. The van der Waals surface area contributed by atoms with Gasteiger partial charge in [0.2, 0.25) is 0 Å². The predicted octanol–water partition coefficient (Wildman–Crippen LogP) is 5.00. The highest BCUT2D eigenvalue weighted by molar-refractivity contribution is 5.94. The van der Waals surface area contributed by atoms with Gasteiger partial charge in [-0.25, -0.2) is 0 Å². The van der Waals surface area contributed by atoms with Gasteiger partial charge in [-0.1, -0.05) is 6.07 Å². The van der Waals surface area contributed by atoms with Gasteiger partial charge in [0.25, 0.3) is 5.91 Å². The second-order valence-corrected chi connectivity index (χ2v) is 6.87. The van der Waals surface area contributed by atoms with Crippen LogP contribution in [0.25, 0.3) is 0 Å². The van der Waals surface area contributed by atoms with E-state index in [1.165, 1.54) is 24.3 Å². The molecule has 1 aliphatic rings. The van der Waals surface area contributed by atoms with E-state index >= 15 is 0 Å². The molecule has 0 radical (unpaired) electrons. The summed E-state index contributed by atoms with van der Waals surface area (Å²) >= 11 is 0. The molecule has 0 aliphatic carbocycles. The van der Waals surface area contributed by atoms with Crippen LogP contribution >= 0.6 is 0 Å². The second-order valence-electron chi connectivity index (χ2n) is 6.87. The van der Waals surface area contributed by atoms with Crippen molar-refractivity contribution in [2.24, 2.45) is 0 Å². The lowest BCUT2D eigenvalue weighted by atomic mass is 10.1. The van der Waals surface area contributed by atoms with Crippen LogP contribution < -0.4 is 15.4 Å². The molecule has 4 nitrogen and oxygen atoms in total. The number of benzene rings is 2. The maximum atomic E-state index is 13.0. The molecule has 3 rings (SSSR count). The van der Waals surface area contributed by atoms with Crippen molar-refractivity contribution in [2.75, 3.05) is 13.1 Å². The second kappa shape index (κ2) is 8.55. The molecule has 30 heavy (non-hydrogen) atoms. The van der Waals surface area contributed by atoms with Gasteiger partial charge in [0.05, 0.1) is 11.1 Å². The average molecular weight is 432 g/mol. The molecule has 2 aromatic rings. The van der Waals surface area contributed by atoms with Crippen LogP contribution in [0.4, 0.5) is 26.3 Å². The summed E-state index contributed by atoms with van der Waals surface area (Å²) in [7, 11) is 0. The van der Waals surface area contributed by atoms with Crippen molar-refractivity contribution >= 4 is 5.91 Å². The molecule has 1 atom stereocenters. The third kappa shape index (κ3) is 5.65. The number of carbonyl (C=O) groups is 1. The molecule has 1 fully saturated rings. The highest BCUT2D eigenvalue weighted by Gasteiger charge is 2.37. The molecule has 2 aromatic carbocycles. The average Bonchev–Trinajstić information content (AvgIpc) is 3.18. The zero-order valence-electron chi connectivity index (χ0n) is 15.5. The highest BCUT2D eigenvalue weighted by Crippen LogP contribution is 2.39. The Balaban J connectivity index is 1.79. The van der Waals surface area contributed by atoms with Gasteiger partial charge < -0.3 is 15.4 Å². The molecule has 1 unspecified atom stereocenters. The summed E-state index contributed by atoms with van der Waals surface area (Å²) in [5.41, 5.74) is -2.79. The fourth-order valence-electron chi connectivity index (χ4n) is 3.07. The molecule has 1 saturated heterocycles. The Morgan fingerprint density at radius 3 is 2.23 bits per heavy atom. The van der Waals surface area contributed by atoms with Crippen molar-refractivity contribution < 1.29 is 35.9 Å². The summed E-state index contributed by atoms with van der Waals surface area (Å²) in [5, 5.41) is 5.95. The van der Waals surface area contributed by atoms with Crippen LogP contribution in [0.15, 0.2) is 42.5 Å². The van der Waals surface area contributed by atoms with Crippen molar-refractivity contribution in [1.82, 2.24) is 10.6 Å². The number of hydrogen-bond acceptors (Lipinski definition) is 3. The van der Waals surface area contributed by atoms with E-state index in [4.69, 9.17) is 4.74 Å². The minimum absolute atomic E-state index is 0.0216. The van der Waals surface area contributed by atoms with Crippen molar-refractivity contribution in [1.29, 1.82) is 0 Å². The Morgan fingerprint density at radius 2 is 1.67 bits per heavy atom. The summed E-state index contributed by atoms with van der Waals surface area (Å²) in [6.45, 7) is 1.28. The third-order valence-corrected chi connectivity index (χ3v) is 4.56. The van der Waals surface area contributed by atoms with Crippen molar-refractivity contribution in [3.63, 3.8) is 0 Å². The van der Waals surface area contributed by atoms with Gasteiger partial charge in [0.15, 0.2) is 0 Å². The van der Waals surface area contributed by atoms with Gasteiger partial charge in [-0.2, -0.15) is 26.3 Å². The van der Waals surface area contributed by atoms with E-state index in [0.717, 1.165) is 19.4 Å². The zero-order valence-corrected chi connectivity index (χ0v) is 15.5. The van der Waals surface area contributed by atoms with E-state index in [9.17, 15) is 31.1 Å². The van der Waals surface area contributed by atoms with Crippen molar-refractivity contribution in [3.05, 3.63) is 59.2 Å². The van der Waals surface area contributed by atoms with Gasteiger partial charge in [-0.15, -0.1) is 0 Å². The number of carbonyl (C=O) groups excluding carboxylic acids is 1. The summed E-state index contributed by atoms with van der Waals surface area (Å²) in [5.74, 6) is -1.12. The Labute approximate surface area is 168 Å². The van der Waals surface area contributed by atoms with Crippen LogP contribution in [-0.4, -0.2) is 25.0 Å². The lowest BCUT2D eigenvalue weighted by Crippen LogP contribution is -2.37. The number of hydrogen-bond donors (Lipinski definition) is 2. The van der Waals surface area contributed by atoms with Crippen molar-refractivity contribution in [2.45, 2.75) is 31.2 Å². The lowest BCUT2D eigenvalue weighted by molar-refractivity contribution is -0.143. The molecule has 10 heteroatoms. The van der Waals surface area contributed by atoms with E-state index in [-0.39, 0.29) is 23.4 Å². The molecule has 0 saturated carbocycles. The summed E-state index contributed by atoms with van der Waals surface area (Å²) in [6, 6.07) is 6.64. The van der Waals surface area contributed by atoms with Crippen LogP contribution in [0.2, 0.25) is 0 Å². The Bertz CT molecular complexity index is 873. The molecule has 1 amide bonds. The van der Waals surface area contributed by atoms with E-state index in [1.807, 2.05) is 0 Å². The number of nitrogens with one attached hydrogen (secondary N) is 2. The number of ether oxygens (including phenoxy) is 1. The highest BCUT2D eigenvalue weighted by atomic mass is 19.4. The smallest absolute Gasteiger partial charge is 0.416 e. The minimum Gasteiger partial charge on any atom is -0.457 e. The quantitative estimate of drug-likeness (QED) is 0.654. The van der Waals surface area contributed by atoms with Crippen LogP contribution in [0, 0.1) is 0 Å². The molecule has 1 aliphatic heterocycles. The van der Waals surface area contributed by atoms with E-state index in [0.29, 0.717) is 18.7 Å². The van der Waals surface area contributed by atoms with E-state index in [2.05, 4.69) is 10.6 Å². The first-order valence-corrected chi connectivity index (χ1v) is 9.11. The molecule has 0 spiro atoms. The van der Waals surface area contributed by atoms with E-state index < -0.39 is 35.1 Å². The molecule has 162 valence electrons. The topological polar surface area (TPSA) is 50.4 Å². The molecule has 0 aromatic heterocycles. The minimum atomic E-state index is -4.98. The van der Waals surface area contributed by atoms with Gasteiger partial charge in [0.1, 0.15) is 11.5 Å². The normalized spacial score (nSPS) is 17.1. The van der Waals surface area contributed by atoms with Crippen LogP contribution in [0.3, 0.4) is 0 Å². The van der Waals surface area contributed by atoms with Crippen LogP contribution in [0.1, 0.15) is 34.3 Å². The summed E-state index contributed by atoms with van der Waals surface area (Å²) in [6.07, 6.45) is -8.01. The van der Waals surface area contributed by atoms with Gasteiger partial charge in [0, 0.05) is 18.2 Å². The Hall–Kier alpha value is -2.75. The van der Waals surface area contributed by atoms with Gasteiger partial charge >= 0.3 is 12.4 Å². The predicted molar refractivity (Wildman–Crippen MR) is 96.3 cm³/mol. The maximum Gasteiger partial charge on any atom is 0.416 e. The fraction of sp³-hybridized carbons (Fsp3) is 0.350. The van der Waals surface area contributed by atoms with Gasteiger partial charge in [-0.3, -0.25) is 4.79 Å². The number of rotatable bonds is 5. The molecular formula is C20H18F6N2O2. The molecule has 0 bridgehead atoms. The fourth-order valence-corrected chi connectivity index (χ4v) is 3.07. The molecule has 1 heterocycles. The monoisotopic (exact) mass is 432 g/mol. The van der Waals surface area contributed by atoms with E-state index in [1.54, 1.807) is 0 Å². The third-order valence-electron chi connectivity index (χ3n) is 4.56. The largest absolute Gasteiger partial charge is 0.457 e. The standard InChI is InChI=1S/C20H18F6N2O2/c21-19(22,23)13-8-14(20(24,25)26)10-17(9-13)30-16-5-1-3-12(7-16)18(29)28-11-15-4-2-6-27-15/h1,3,5,7-10,15,27H,2,4,6,11H2,(H,28,29). The Kier molecular flexibility index (Phi) is 6.25. The molecule has 2 N–H and O–H groups in total. The first-order valence-electron chi connectivity index (χ1n) is 9.11. The summed E-state index contributed by atoms with van der Waals surface area (Å²) < 4.78 is 83.1. The number of alkyl halides is 6. The maximum absolute atomic E-state index is 13.0. The first kappa shape index (κ1) is 21.9. The lowest BCUT2D eigenvalue weighted by Gasteiger charge is -2.15. The Morgan fingerprint density at radius 1 is 1.00 bits per heavy atom. The first-order chi connectivity index (χ1) is 14.0. The van der Waals surface area contributed by atoms with Gasteiger partial charge in [-0.05, 0) is 55.8 Å². The van der Waals surface area contributed by atoms with Crippen LogP contribution in [-0.2, 0) is 12.4 Å². The molecular weight excluding hydrogens is 414 g/mol. The summed E-state index contributed by atoms with van der Waals surface area (Å²) in [4.78, 5) is 12.3. The van der Waals surface area contributed by atoms with Crippen LogP contribution in [0.5, 0.6) is 11.5 Å². The number of amides is 1. The van der Waals surface area contributed by atoms with Crippen molar-refractivity contribution in [3.8, 4) is 11.5 Å². The SMILES string of the molecule is O=C(NCC1CCCN1)c1cccc(Oc2cc(C(F)(F)F)cc(C(F)(F)F)c2)c1. The zero-order chi connectivity index (χ0) is 21.9.